The number of Topliss-reactive ketones (excluding diaryl/α,β-unsaturated/α-hetero) is 1. The molecule has 0 saturated carbocycles. The number of benzene rings is 3. The maximum atomic E-state index is 13.1. The van der Waals surface area contributed by atoms with E-state index >= 15 is 0 Å². The van der Waals surface area contributed by atoms with Gasteiger partial charge in [-0.15, -0.1) is 0 Å². The molecule has 0 atom stereocenters. The highest BCUT2D eigenvalue weighted by Crippen LogP contribution is 2.27. The minimum Gasteiger partial charge on any atom is -0.494 e. The molecule has 1 aliphatic rings. The van der Waals surface area contributed by atoms with Gasteiger partial charge in [-0.2, -0.15) is 12.8 Å². The molecule has 3 aromatic rings. The minimum atomic E-state index is -4.01. The maximum Gasteiger partial charge on any atom is 0.282 e. The molecule has 0 amide bonds. The number of aryl methyl sites for hydroxylation is 2. The van der Waals surface area contributed by atoms with Crippen molar-refractivity contribution in [3.63, 3.8) is 0 Å². The number of hydrogen-bond acceptors (Lipinski definition) is 5. The van der Waals surface area contributed by atoms with Crippen molar-refractivity contribution in [2.75, 3.05) is 11.9 Å². The predicted octanol–water partition coefficient (Wildman–Crippen LogP) is 5.07. The number of sulfonamides is 1. The summed E-state index contributed by atoms with van der Waals surface area (Å²) in [5.41, 5.74) is 4.19. The van der Waals surface area contributed by atoms with Gasteiger partial charge in [-0.25, -0.2) is 0 Å². The van der Waals surface area contributed by atoms with Crippen molar-refractivity contribution in [2.24, 2.45) is 4.40 Å². The number of ether oxygens (including phenoxy) is 1. The van der Waals surface area contributed by atoms with Crippen LogP contribution >= 0.6 is 0 Å². The molecule has 0 spiro atoms. The number of nitrogens with one attached hydrogen (secondary N) is 1. The molecule has 0 heterocycles. The number of anilines is 1. The van der Waals surface area contributed by atoms with Gasteiger partial charge in [-0.1, -0.05) is 42.0 Å². The molecule has 7 heteroatoms. The van der Waals surface area contributed by atoms with Crippen LogP contribution in [0.4, 0.5) is 5.69 Å². The molecule has 4 rings (SSSR count). The third-order valence-electron chi connectivity index (χ3n) is 5.28. The van der Waals surface area contributed by atoms with Crippen molar-refractivity contribution in [1.82, 2.24) is 0 Å². The van der Waals surface area contributed by atoms with Crippen LogP contribution in [0.25, 0.3) is 0 Å². The lowest BCUT2D eigenvalue weighted by molar-refractivity contribution is 0.103. The fourth-order valence-electron chi connectivity index (χ4n) is 3.65. The SMILES string of the molecule is CCOc1ccc(S(=O)(=O)N=C2C=C(Nc3ccc(C)cc3C)C(=O)c3ccccc32)cc1. The lowest BCUT2D eigenvalue weighted by atomic mass is 9.92. The van der Waals surface area contributed by atoms with Gasteiger partial charge in [0, 0.05) is 16.8 Å². The van der Waals surface area contributed by atoms with Crippen LogP contribution in [0.2, 0.25) is 0 Å². The molecule has 33 heavy (non-hydrogen) atoms. The average molecular weight is 461 g/mol. The molecule has 168 valence electrons. The van der Waals surface area contributed by atoms with E-state index in [1.807, 2.05) is 39.0 Å². The largest absolute Gasteiger partial charge is 0.494 e. The Balaban J connectivity index is 1.77. The van der Waals surface area contributed by atoms with E-state index in [0.29, 0.717) is 23.5 Å². The summed E-state index contributed by atoms with van der Waals surface area (Å²) in [6.45, 7) is 6.28. The van der Waals surface area contributed by atoms with Gasteiger partial charge in [-0.05, 0) is 62.7 Å². The molecule has 0 radical (unpaired) electrons. The third kappa shape index (κ3) is 4.73. The van der Waals surface area contributed by atoms with Crippen molar-refractivity contribution in [1.29, 1.82) is 0 Å². The second-order valence-electron chi connectivity index (χ2n) is 7.73. The number of carbonyl (C=O) groups excluding carboxylic acids is 1. The van der Waals surface area contributed by atoms with Gasteiger partial charge in [0.2, 0.25) is 5.78 Å². The smallest absolute Gasteiger partial charge is 0.282 e. The number of carbonyl (C=O) groups is 1. The molecular weight excluding hydrogens is 436 g/mol. The van der Waals surface area contributed by atoms with Gasteiger partial charge >= 0.3 is 0 Å². The fraction of sp³-hybridized carbons (Fsp3) is 0.154. The summed E-state index contributed by atoms with van der Waals surface area (Å²) in [5, 5.41) is 3.16. The summed E-state index contributed by atoms with van der Waals surface area (Å²) in [7, 11) is -4.01. The van der Waals surface area contributed by atoms with Crippen LogP contribution in [-0.2, 0) is 10.0 Å². The quantitative estimate of drug-likeness (QED) is 0.555. The molecule has 0 unspecified atom stereocenters. The Morgan fingerprint density at radius 1 is 0.939 bits per heavy atom. The average Bonchev–Trinajstić information content (AvgIpc) is 2.79. The van der Waals surface area contributed by atoms with Crippen LogP contribution in [0.15, 0.2) is 87.8 Å². The van der Waals surface area contributed by atoms with E-state index in [0.717, 1.165) is 16.8 Å². The van der Waals surface area contributed by atoms with Crippen molar-refractivity contribution >= 4 is 27.2 Å². The highest BCUT2D eigenvalue weighted by molar-refractivity contribution is 7.90. The maximum absolute atomic E-state index is 13.1. The summed E-state index contributed by atoms with van der Waals surface area (Å²) >= 11 is 0. The van der Waals surface area contributed by atoms with Gasteiger partial charge < -0.3 is 10.1 Å². The normalized spacial score (nSPS) is 14.6. The molecule has 0 aromatic heterocycles. The van der Waals surface area contributed by atoms with Crippen molar-refractivity contribution in [2.45, 2.75) is 25.7 Å². The van der Waals surface area contributed by atoms with Crippen LogP contribution in [0.1, 0.15) is 34.0 Å². The third-order valence-corrected chi connectivity index (χ3v) is 6.58. The van der Waals surface area contributed by atoms with Gasteiger partial charge in [0.1, 0.15) is 5.75 Å². The molecule has 0 saturated heterocycles. The molecule has 0 bridgehead atoms. The standard InChI is InChI=1S/C26H24N2O4S/c1-4-32-19-10-12-20(13-11-19)33(30,31)28-24-16-25(26(29)22-8-6-5-7-21(22)24)27-23-14-9-17(2)15-18(23)3/h5-16,27H,4H2,1-3H3. The Labute approximate surface area is 193 Å². The van der Waals surface area contributed by atoms with Gasteiger partial charge in [-0.3, -0.25) is 4.79 Å². The number of allylic oxidation sites excluding steroid dienone is 2. The topological polar surface area (TPSA) is 84.8 Å². The highest BCUT2D eigenvalue weighted by Gasteiger charge is 2.26. The second kappa shape index (κ2) is 9.03. The van der Waals surface area contributed by atoms with E-state index in [1.165, 1.54) is 18.2 Å². The van der Waals surface area contributed by atoms with E-state index in [1.54, 1.807) is 36.4 Å². The number of ketones is 1. The van der Waals surface area contributed by atoms with E-state index in [-0.39, 0.29) is 22.1 Å². The van der Waals surface area contributed by atoms with E-state index in [2.05, 4.69) is 9.71 Å². The summed E-state index contributed by atoms with van der Waals surface area (Å²) in [6.07, 6.45) is 1.50. The Bertz CT molecular complexity index is 1390. The van der Waals surface area contributed by atoms with Gasteiger partial charge in [0.05, 0.1) is 22.9 Å². The van der Waals surface area contributed by atoms with Crippen LogP contribution in [-0.4, -0.2) is 26.5 Å². The molecule has 0 aliphatic heterocycles. The molecule has 0 fully saturated rings. The van der Waals surface area contributed by atoms with Gasteiger partial charge in [0.25, 0.3) is 10.0 Å². The minimum absolute atomic E-state index is 0.0464. The lowest BCUT2D eigenvalue weighted by Crippen LogP contribution is -2.23. The Kier molecular flexibility index (Phi) is 6.16. The Morgan fingerprint density at radius 2 is 1.64 bits per heavy atom. The summed E-state index contributed by atoms with van der Waals surface area (Å²) in [4.78, 5) is 13.2. The van der Waals surface area contributed by atoms with Crippen LogP contribution in [0.5, 0.6) is 5.75 Å². The fourth-order valence-corrected chi connectivity index (χ4v) is 4.65. The van der Waals surface area contributed by atoms with Gasteiger partial charge in [0.15, 0.2) is 0 Å². The summed E-state index contributed by atoms with van der Waals surface area (Å²) < 4.78 is 35.6. The zero-order chi connectivity index (χ0) is 23.6. The molecule has 1 aliphatic carbocycles. The second-order valence-corrected chi connectivity index (χ2v) is 9.34. The van der Waals surface area contributed by atoms with Crippen molar-refractivity contribution in [3.8, 4) is 5.75 Å². The van der Waals surface area contributed by atoms with Crippen LogP contribution in [0, 0.1) is 13.8 Å². The van der Waals surface area contributed by atoms with E-state index in [9.17, 15) is 13.2 Å². The molecule has 6 nitrogen and oxygen atoms in total. The lowest BCUT2D eigenvalue weighted by Gasteiger charge is -2.19. The first-order valence-electron chi connectivity index (χ1n) is 10.6. The zero-order valence-corrected chi connectivity index (χ0v) is 19.4. The number of nitrogens with zero attached hydrogens (tertiary/aromatic N) is 1. The van der Waals surface area contributed by atoms with E-state index < -0.39 is 10.0 Å². The van der Waals surface area contributed by atoms with Crippen LogP contribution < -0.4 is 10.1 Å². The van der Waals surface area contributed by atoms with Crippen molar-refractivity contribution < 1.29 is 17.9 Å². The highest BCUT2D eigenvalue weighted by atomic mass is 32.2. The zero-order valence-electron chi connectivity index (χ0n) is 18.6. The first-order chi connectivity index (χ1) is 15.8. The van der Waals surface area contributed by atoms with Crippen LogP contribution in [0.3, 0.4) is 0 Å². The predicted molar refractivity (Wildman–Crippen MR) is 130 cm³/mol. The Hall–Kier alpha value is -3.71. The molecular formula is C26H24N2O4S. The molecule has 1 N–H and O–H groups in total. The first kappa shape index (κ1) is 22.5. The number of hydrogen-bond donors (Lipinski definition) is 1. The van der Waals surface area contributed by atoms with E-state index in [4.69, 9.17) is 4.74 Å². The number of fused-ring (bicyclic) bond motifs is 1. The number of rotatable bonds is 6. The first-order valence-corrected chi connectivity index (χ1v) is 12.0. The molecule has 3 aromatic carbocycles. The summed E-state index contributed by atoms with van der Waals surface area (Å²) in [5.74, 6) is 0.362. The Morgan fingerprint density at radius 3 is 2.30 bits per heavy atom. The summed E-state index contributed by atoms with van der Waals surface area (Å²) in [6, 6.07) is 18.8. The monoisotopic (exact) mass is 460 g/mol. The van der Waals surface area contributed by atoms with Crippen molar-refractivity contribution in [3.05, 3.63) is 101 Å².